The molecule has 1 atom stereocenters. The van der Waals surface area contributed by atoms with Gasteiger partial charge in [0.2, 0.25) is 0 Å². The van der Waals surface area contributed by atoms with Crippen LogP contribution in [0.4, 0.5) is 0 Å². The molecule has 0 aromatic rings. The molecule has 6 nitrogen and oxygen atoms in total. The summed E-state index contributed by atoms with van der Waals surface area (Å²) in [5.74, 6) is -0.878. The van der Waals surface area contributed by atoms with Crippen LogP contribution < -0.4 is 0 Å². The topological polar surface area (TPSA) is 82.1 Å². The van der Waals surface area contributed by atoms with Gasteiger partial charge in [-0.2, -0.15) is 0 Å². The van der Waals surface area contributed by atoms with Crippen LogP contribution in [0.5, 0.6) is 0 Å². The van der Waals surface area contributed by atoms with E-state index in [4.69, 9.17) is 14.2 Å². The molecule has 0 heterocycles. The molecule has 1 N–H and O–H groups in total. The number of carbonyl (C=O) groups excluding carboxylic acids is 1. The molecule has 0 rings (SSSR count). The SMILES string of the molecule is C=CC(=O)OP(=O)(OCCO)OCCCCCCCCCC. The molecule has 0 aliphatic rings. The highest BCUT2D eigenvalue weighted by Crippen LogP contribution is 2.49. The minimum atomic E-state index is -3.96. The Labute approximate surface area is 133 Å². The zero-order chi connectivity index (χ0) is 16.7. The van der Waals surface area contributed by atoms with Crippen LogP contribution in [0.3, 0.4) is 0 Å². The van der Waals surface area contributed by atoms with Gasteiger partial charge in [-0.15, -0.1) is 0 Å². The minimum absolute atomic E-state index is 0.183. The minimum Gasteiger partial charge on any atom is -0.394 e. The van der Waals surface area contributed by atoms with Crippen LogP contribution in [0.15, 0.2) is 12.7 Å². The van der Waals surface area contributed by atoms with E-state index < -0.39 is 13.8 Å². The van der Waals surface area contributed by atoms with Crippen molar-refractivity contribution in [1.82, 2.24) is 0 Å². The molecule has 7 heteroatoms. The van der Waals surface area contributed by atoms with Crippen molar-refractivity contribution in [2.75, 3.05) is 19.8 Å². The van der Waals surface area contributed by atoms with Crippen molar-refractivity contribution in [3.8, 4) is 0 Å². The fraction of sp³-hybridized carbons (Fsp3) is 0.800. The van der Waals surface area contributed by atoms with Crippen LogP contribution in [0.25, 0.3) is 0 Å². The predicted octanol–water partition coefficient (Wildman–Crippen LogP) is 3.99. The summed E-state index contributed by atoms with van der Waals surface area (Å²) in [5.41, 5.74) is 0. The number of unbranched alkanes of at least 4 members (excludes halogenated alkanes) is 7. The van der Waals surface area contributed by atoms with Crippen molar-refractivity contribution >= 4 is 13.8 Å². The zero-order valence-corrected chi connectivity index (χ0v) is 14.4. The van der Waals surface area contributed by atoms with Gasteiger partial charge in [-0.3, -0.25) is 9.05 Å². The highest BCUT2D eigenvalue weighted by atomic mass is 31.2. The van der Waals surface area contributed by atoms with E-state index in [9.17, 15) is 9.36 Å². The van der Waals surface area contributed by atoms with Crippen LogP contribution in [-0.2, 0) is 22.9 Å². The fourth-order valence-corrected chi connectivity index (χ4v) is 2.94. The van der Waals surface area contributed by atoms with E-state index in [1.54, 1.807) is 0 Å². The maximum absolute atomic E-state index is 12.1. The van der Waals surface area contributed by atoms with Crippen LogP contribution in [0.1, 0.15) is 58.3 Å². The monoisotopic (exact) mass is 336 g/mol. The average molecular weight is 336 g/mol. The lowest BCUT2D eigenvalue weighted by molar-refractivity contribution is -0.131. The van der Waals surface area contributed by atoms with E-state index in [0.29, 0.717) is 6.42 Å². The Morgan fingerprint density at radius 1 is 1.05 bits per heavy atom. The molecule has 1 unspecified atom stereocenters. The van der Waals surface area contributed by atoms with Crippen molar-refractivity contribution in [3.63, 3.8) is 0 Å². The Morgan fingerprint density at radius 3 is 2.14 bits per heavy atom. The number of rotatable bonds is 15. The van der Waals surface area contributed by atoms with Gasteiger partial charge < -0.3 is 9.63 Å². The molecule has 0 saturated heterocycles. The standard InChI is InChI=1S/C15H29O6P/c1-3-5-6-7-8-9-10-11-13-19-22(18,20-14-12-16)21-15(17)4-2/h4,16H,2-3,5-14H2,1H3. The molecule has 0 aliphatic carbocycles. The summed E-state index contributed by atoms with van der Waals surface area (Å²) in [4.78, 5) is 11.1. The lowest BCUT2D eigenvalue weighted by atomic mass is 10.1. The first-order valence-corrected chi connectivity index (χ1v) is 9.40. The van der Waals surface area contributed by atoms with Gasteiger partial charge in [0.25, 0.3) is 0 Å². The largest absolute Gasteiger partial charge is 0.532 e. The first-order chi connectivity index (χ1) is 10.6. The molecule has 0 fully saturated rings. The molecule has 0 aromatic carbocycles. The number of phosphoric acid groups is 1. The molecular formula is C15H29O6P. The number of aliphatic hydroxyl groups excluding tert-OH is 1. The van der Waals surface area contributed by atoms with Crippen molar-refractivity contribution in [2.45, 2.75) is 58.3 Å². The van der Waals surface area contributed by atoms with Gasteiger partial charge in [0.05, 0.1) is 19.8 Å². The van der Waals surface area contributed by atoms with Crippen LogP contribution in [0, 0.1) is 0 Å². The Morgan fingerprint density at radius 2 is 1.59 bits per heavy atom. The van der Waals surface area contributed by atoms with Crippen LogP contribution >= 0.6 is 7.82 Å². The van der Waals surface area contributed by atoms with Crippen molar-refractivity contribution in [2.24, 2.45) is 0 Å². The molecule has 22 heavy (non-hydrogen) atoms. The number of carbonyl (C=O) groups is 1. The van der Waals surface area contributed by atoms with E-state index in [0.717, 1.165) is 18.9 Å². The van der Waals surface area contributed by atoms with E-state index in [1.807, 2.05) is 0 Å². The Kier molecular flexibility index (Phi) is 13.5. The molecule has 0 saturated carbocycles. The van der Waals surface area contributed by atoms with Gasteiger partial charge in [-0.05, 0) is 6.42 Å². The van der Waals surface area contributed by atoms with Crippen LogP contribution in [0.2, 0.25) is 0 Å². The molecule has 0 spiro atoms. The van der Waals surface area contributed by atoms with Crippen molar-refractivity contribution in [3.05, 3.63) is 12.7 Å². The van der Waals surface area contributed by atoms with Gasteiger partial charge in [-0.25, -0.2) is 9.36 Å². The Bertz CT molecular complexity index is 345. The normalized spacial score (nSPS) is 13.5. The predicted molar refractivity (Wildman–Crippen MR) is 85.5 cm³/mol. The second kappa shape index (κ2) is 13.9. The fourth-order valence-electron chi connectivity index (χ4n) is 1.80. The average Bonchev–Trinajstić information content (AvgIpc) is 2.51. The first-order valence-electron chi connectivity index (χ1n) is 7.94. The van der Waals surface area contributed by atoms with Gasteiger partial charge in [-0.1, -0.05) is 58.4 Å². The van der Waals surface area contributed by atoms with E-state index in [-0.39, 0.29) is 19.8 Å². The molecular weight excluding hydrogens is 307 g/mol. The highest BCUT2D eigenvalue weighted by Gasteiger charge is 2.29. The summed E-state index contributed by atoms with van der Waals surface area (Å²) in [5, 5.41) is 8.69. The lowest BCUT2D eigenvalue weighted by Gasteiger charge is -2.16. The van der Waals surface area contributed by atoms with Crippen molar-refractivity contribution in [1.29, 1.82) is 0 Å². The summed E-state index contributed by atoms with van der Waals surface area (Å²) in [7, 11) is -3.96. The lowest BCUT2D eigenvalue weighted by Crippen LogP contribution is -2.08. The number of phosphoric ester groups is 1. The molecule has 0 aromatic heterocycles. The Hall–Kier alpha value is -0.680. The molecule has 0 bridgehead atoms. The van der Waals surface area contributed by atoms with Crippen molar-refractivity contribution < 1.29 is 28.0 Å². The summed E-state index contributed by atoms with van der Waals surface area (Å²) < 4.78 is 26.6. The summed E-state index contributed by atoms with van der Waals surface area (Å²) in [6.45, 7) is 5.03. The van der Waals surface area contributed by atoms with Gasteiger partial charge in [0.15, 0.2) is 0 Å². The molecule has 0 amide bonds. The third-order valence-corrected chi connectivity index (χ3v) is 4.36. The smallest absolute Gasteiger partial charge is 0.394 e. The number of hydrogen-bond donors (Lipinski definition) is 1. The highest BCUT2D eigenvalue weighted by molar-refractivity contribution is 7.49. The van der Waals surface area contributed by atoms with E-state index >= 15 is 0 Å². The third-order valence-electron chi connectivity index (χ3n) is 2.96. The molecule has 0 radical (unpaired) electrons. The zero-order valence-electron chi connectivity index (χ0n) is 13.5. The quantitative estimate of drug-likeness (QED) is 0.277. The van der Waals surface area contributed by atoms with Gasteiger partial charge >= 0.3 is 13.8 Å². The van der Waals surface area contributed by atoms with Gasteiger partial charge in [0.1, 0.15) is 0 Å². The second-order valence-corrected chi connectivity index (χ2v) is 6.52. The maximum atomic E-state index is 12.1. The first kappa shape index (κ1) is 21.3. The molecule has 0 aliphatic heterocycles. The number of hydrogen-bond acceptors (Lipinski definition) is 6. The third kappa shape index (κ3) is 11.9. The van der Waals surface area contributed by atoms with Gasteiger partial charge in [0, 0.05) is 6.08 Å². The van der Waals surface area contributed by atoms with E-state index in [2.05, 4.69) is 18.0 Å². The summed E-state index contributed by atoms with van der Waals surface area (Å²) in [6.07, 6.45) is 9.87. The molecule has 130 valence electrons. The maximum Gasteiger partial charge on any atom is 0.532 e. The Balaban J connectivity index is 3.86. The van der Waals surface area contributed by atoms with E-state index in [1.165, 1.54) is 32.1 Å². The summed E-state index contributed by atoms with van der Waals surface area (Å²) in [6, 6.07) is 0. The summed E-state index contributed by atoms with van der Waals surface area (Å²) >= 11 is 0. The number of aliphatic hydroxyl groups is 1. The second-order valence-electron chi connectivity index (χ2n) is 4.93. The van der Waals surface area contributed by atoms with Crippen LogP contribution in [-0.4, -0.2) is 30.9 Å².